The zero-order valence-electron chi connectivity index (χ0n) is 7.86. The average Bonchev–Trinajstić information content (AvgIpc) is 2.17. The SMILES string of the molecule is C#CCc1cccc(C(N)=O)c1C(=O)O. The van der Waals surface area contributed by atoms with Gasteiger partial charge in [0.25, 0.3) is 0 Å². The summed E-state index contributed by atoms with van der Waals surface area (Å²) >= 11 is 0. The third-order valence-corrected chi connectivity index (χ3v) is 1.92. The molecule has 1 rings (SSSR count). The Balaban J connectivity index is 3.43. The van der Waals surface area contributed by atoms with Crippen molar-refractivity contribution < 1.29 is 14.7 Å². The summed E-state index contributed by atoms with van der Waals surface area (Å²) in [5.41, 5.74) is 5.35. The monoisotopic (exact) mass is 203 g/mol. The van der Waals surface area contributed by atoms with E-state index in [9.17, 15) is 9.59 Å². The van der Waals surface area contributed by atoms with E-state index >= 15 is 0 Å². The highest BCUT2D eigenvalue weighted by Crippen LogP contribution is 2.15. The van der Waals surface area contributed by atoms with E-state index in [0.717, 1.165) is 0 Å². The quantitative estimate of drug-likeness (QED) is 0.708. The van der Waals surface area contributed by atoms with Gasteiger partial charge < -0.3 is 10.8 Å². The fourth-order valence-corrected chi connectivity index (χ4v) is 1.32. The standard InChI is InChI=1S/C11H9NO3/c1-2-4-7-5-3-6-8(10(12)13)9(7)11(14)15/h1,3,5-6H,4H2,(H2,12,13)(H,14,15). The van der Waals surface area contributed by atoms with E-state index in [1.165, 1.54) is 6.07 Å². The molecular formula is C11H9NO3. The van der Waals surface area contributed by atoms with E-state index in [4.69, 9.17) is 17.3 Å². The molecule has 0 aliphatic heterocycles. The van der Waals surface area contributed by atoms with Crippen LogP contribution in [0.5, 0.6) is 0 Å². The van der Waals surface area contributed by atoms with Crippen LogP contribution in [0.2, 0.25) is 0 Å². The molecule has 0 spiro atoms. The summed E-state index contributed by atoms with van der Waals surface area (Å²) in [6.45, 7) is 0. The number of nitrogens with two attached hydrogens (primary N) is 1. The van der Waals surface area contributed by atoms with Gasteiger partial charge in [0.1, 0.15) is 0 Å². The number of carbonyl (C=O) groups excluding carboxylic acids is 1. The maximum Gasteiger partial charge on any atom is 0.336 e. The summed E-state index contributed by atoms with van der Waals surface area (Å²) in [5.74, 6) is 0.359. The second-order valence-electron chi connectivity index (χ2n) is 2.89. The van der Waals surface area contributed by atoms with Crippen LogP contribution in [0.15, 0.2) is 18.2 Å². The molecule has 1 amide bonds. The average molecular weight is 203 g/mol. The van der Waals surface area contributed by atoms with Crippen molar-refractivity contribution in [2.24, 2.45) is 5.73 Å². The van der Waals surface area contributed by atoms with Gasteiger partial charge in [-0.2, -0.15) is 0 Å². The highest BCUT2D eigenvalue weighted by molar-refractivity contribution is 6.05. The minimum absolute atomic E-state index is 0.0183. The summed E-state index contributed by atoms with van der Waals surface area (Å²) in [7, 11) is 0. The molecular weight excluding hydrogens is 194 g/mol. The molecule has 0 bridgehead atoms. The van der Waals surface area contributed by atoms with Crippen LogP contribution < -0.4 is 5.73 Å². The fraction of sp³-hybridized carbons (Fsp3) is 0.0909. The van der Waals surface area contributed by atoms with Gasteiger partial charge in [-0.05, 0) is 11.6 Å². The molecule has 15 heavy (non-hydrogen) atoms. The number of hydrogen-bond donors (Lipinski definition) is 2. The Kier molecular flexibility index (Phi) is 3.09. The topological polar surface area (TPSA) is 80.4 Å². The van der Waals surface area contributed by atoms with Crippen LogP contribution in [0.4, 0.5) is 0 Å². The Hall–Kier alpha value is -2.28. The number of terminal acetylenes is 1. The number of aromatic carboxylic acids is 1. The predicted molar refractivity (Wildman–Crippen MR) is 54.5 cm³/mol. The summed E-state index contributed by atoms with van der Waals surface area (Å²) in [5, 5.41) is 8.95. The first-order valence-corrected chi connectivity index (χ1v) is 4.16. The summed E-state index contributed by atoms with van der Waals surface area (Å²) in [4.78, 5) is 21.9. The number of primary amides is 1. The molecule has 0 aliphatic carbocycles. The minimum atomic E-state index is -1.20. The first-order valence-electron chi connectivity index (χ1n) is 4.16. The van der Waals surface area contributed by atoms with Gasteiger partial charge in [0.2, 0.25) is 5.91 Å². The van der Waals surface area contributed by atoms with Crippen LogP contribution in [0.3, 0.4) is 0 Å². The van der Waals surface area contributed by atoms with Crippen LogP contribution in [0, 0.1) is 12.3 Å². The number of carboxylic acid groups (broad SMARTS) is 1. The molecule has 1 aromatic rings. The highest BCUT2D eigenvalue weighted by atomic mass is 16.4. The molecule has 76 valence electrons. The van der Waals surface area contributed by atoms with Crippen molar-refractivity contribution in [3.8, 4) is 12.3 Å². The van der Waals surface area contributed by atoms with Crippen LogP contribution in [-0.2, 0) is 6.42 Å². The van der Waals surface area contributed by atoms with Gasteiger partial charge in [-0.1, -0.05) is 12.1 Å². The van der Waals surface area contributed by atoms with Crippen molar-refractivity contribution in [1.29, 1.82) is 0 Å². The van der Waals surface area contributed by atoms with Crippen LogP contribution in [0.25, 0.3) is 0 Å². The van der Waals surface area contributed by atoms with Crippen LogP contribution in [0.1, 0.15) is 26.3 Å². The largest absolute Gasteiger partial charge is 0.478 e. The van der Waals surface area contributed by atoms with Gasteiger partial charge in [0.05, 0.1) is 11.1 Å². The Bertz CT molecular complexity index is 457. The first kappa shape index (κ1) is 10.8. The Labute approximate surface area is 86.7 Å². The molecule has 0 fully saturated rings. The lowest BCUT2D eigenvalue weighted by Crippen LogP contribution is -2.17. The molecule has 1 aromatic carbocycles. The number of amides is 1. The molecule has 4 nitrogen and oxygen atoms in total. The number of carboxylic acids is 1. The highest BCUT2D eigenvalue weighted by Gasteiger charge is 2.17. The second-order valence-corrected chi connectivity index (χ2v) is 2.89. The molecule has 0 atom stereocenters. The lowest BCUT2D eigenvalue weighted by atomic mass is 9.98. The van der Waals surface area contributed by atoms with Crippen molar-refractivity contribution in [3.05, 3.63) is 34.9 Å². The maximum atomic E-state index is 11.0. The summed E-state index contributed by atoms with van der Waals surface area (Å²) in [6, 6.07) is 4.49. The molecule has 0 aliphatic rings. The third-order valence-electron chi connectivity index (χ3n) is 1.92. The summed E-state index contributed by atoms with van der Waals surface area (Å²) in [6.07, 6.45) is 5.25. The van der Waals surface area contributed by atoms with Crippen molar-refractivity contribution in [2.45, 2.75) is 6.42 Å². The minimum Gasteiger partial charge on any atom is -0.478 e. The number of carbonyl (C=O) groups is 2. The Morgan fingerprint density at radius 2 is 2.13 bits per heavy atom. The smallest absolute Gasteiger partial charge is 0.336 e. The van der Waals surface area contributed by atoms with E-state index in [-0.39, 0.29) is 17.5 Å². The van der Waals surface area contributed by atoms with Crippen molar-refractivity contribution in [2.75, 3.05) is 0 Å². The molecule has 0 unspecified atom stereocenters. The zero-order valence-corrected chi connectivity index (χ0v) is 7.86. The molecule has 4 heteroatoms. The second kappa shape index (κ2) is 4.29. The van der Waals surface area contributed by atoms with Crippen molar-refractivity contribution >= 4 is 11.9 Å². The molecule has 3 N–H and O–H groups in total. The van der Waals surface area contributed by atoms with Crippen LogP contribution in [-0.4, -0.2) is 17.0 Å². The van der Waals surface area contributed by atoms with E-state index < -0.39 is 11.9 Å². The lowest BCUT2D eigenvalue weighted by Gasteiger charge is -2.06. The zero-order chi connectivity index (χ0) is 11.4. The third kappa shape index (κ3) is 2.15. The molecule has 0 radical (unpaired) electrons. The Morgan fingerprint density at radius 1 is 1.47 bits per heavy atom. The van der Waals surface area contributed by atoms with E-state index in [1.54, 1.807) is 12.1 Å². The first-order chi connectivity index (χ1) is 7.07. The lowest BCUT2D eigenvalue weighted by molar-refractivity contribution is 0.0691. The molecule has 0 saturated carbocycles. The van der Waals surface area contributed by atoms with E-state index in [0.29, 0.717) is 5.56 Å². The molecule has 0 saturated heterocycles. The molecule has 0 aromatic heterocycles. The van der Waals surface area contributed by atoms with Gasteiger partial charge in [0, 0.05) is 6.42 Å². The number of benzene rings is 1. The maximum absolute atomic E-state index is 11.0. The van der Waals surface area contributed by atoms with Gasteiger partial charge in [0.15, 0.2) is 0 Å². The normalized spacial score (nSPS) is 9.27. The Morgan fingerprint density at radius 3 is 2.60 bits per heavy atom. The van der Waals surface area contributed by atoms with Crippen molar-refractivity contribution in [1.82, 2.24) is 0 Å². The van der Waals surface area contributed by atoms with E-state index in [1.807, 2.05) is 0 Å². The van der Waals surface area contributed by atoms with Gasteiger partial charge >= 0.3 is 5.97 Å². The predicted octanol–water partition coefficient (Wildman–Crippen LogP) is 0.659. The van der Waals surface area contributed by atoms with Gasteiger partial charge in [-0.3, -0.25) is 4.79 Å². The van der Waals surface area contributed by atoms with Crippen molar-refractivity contribution in [3.63, 3.8) is 0 Å². The number of rotatable bonds is 3. The van der Waals surface area contributed by atoms with E-state index in [2.05, 4.69) is 5.92 Å². The fourth-order valence-electron chi connectivity index (χ4n) is 1.32. The number of hydrogen-bond acceptors (Lipinski definition) is 2. The van der Waals surface area contributed by atoms with Crippen LogP contribution >= 0.6 is 0 Å². The molecule has 0 heterocycles. The van der Waals surface area contributed by atoms with Gasteiger partial charge in [-0.25, -0.2) is 4.79 Å². The van der Waals surface area contributed by atoms with Gasteiger partial charge in [-0.15, -0.1) is 12.3 Å². The summed E-state index contributed by atoms with van der Waals surface area (Å²) < 4.78 is 0.